The molecule has 1 rings (SSSR count). The second-order valence-electron chi connectivity index (χ2n) is 3.82. The standard InChI is InChI=1S/C13H17Cl2N/c1-4-9(2)7-13(16-3)10-5-6-11(14)12(15)8-10/h5-6,8,13,16H,2,4,7H2,1,3H3. The van der Waals surface area contributed by atoms with Gasteiger partial charge in [-0.2, -0.15) is 0 Å². The highest BCUT2D eigenvalue weighted by Gasteiger charge is 2.11. The zero-order valence-electron chi connectivity index (χ0n) is 9.69. The smallest absolute Gasteiger partial charge is 0.0595 e. The molecule has 0 bridgehead atoms. The van der Waals surface area contributed by atoms with Gasteiger partial charge in [0.2, 0.25) is 0 Å². The molecule has 1 aromatic carbocycles. The van der Waals surface area contributed by atoms with Crippen LogP contribution in [0.15, 0.2) is 30.4 Å². The number of nitrogens with one attached hydrogen (secondary N) is 1. The SMILES string of the molecule is C=C(CC)CC(NC)c1ccc(Cl)c(Cl)c1. The minimum atomic E-state index is 0.252. The molecule has 1 unspecified atom stereocenters. The summed E-state index contributed by atoms with van der Waals surface area (Å²) in [4.78, 5) is 0. The summed E-state index contributed by atoms with van der Waals surface area (Å²) in [5, 5.41) is 4.46. The third kappa shape index (κ3) is 3.51. The van der Waals surface area contributed by atoms with Crippen molar-refractivity contribution in [2.24, 2.45) is 0 Å². The van der Waals surface area contributed by atoms with Gasteiger partial charge in [0.25, 0.3) is 0 Å². The van der Waals surface area contributed by atoms with Gasteiger partial charge in [-0.25, -0.2) is 0 Å². The largest absolute Gasteiger partial charge is 0.313 e. The molecule has 0 radical (unpaired) electrons. The minimum absolute atomic E-state index is 0.252. The Labute approximate surface area is 107 Å². The Morgan fingerprint density at radius 2 is 2.06 bits per heavy atom. The van der Waals surface area contributed by atoms with E-state index in [1.165, 1.54) is 5.57 Å². The molecule has 0 fully saturated rings. The van der Waals surface area contributed by atoms with Crippen LogP contribution in [0.4, 0.5) is 0 Å². The first-order valence-corrected chi connectivity index (χ1v) is 6.13. The van der Waals surface area contributed by atoms with Gasteiger partial charge in [0.15, 0.2) is 0 Å². The Bertz CT molecular complexity index is 374. The van der Waals surface area contributed by atoms with Gasteiger partial charge in [0, 0.05) is 6.04 Å². The first-order chi connectivity index (χ1) is 7.58. The number of benzene rings is 1. The van der Waals surface area contributed by atoms with Gasteiger partial charge in [-0.1, -0.05) is 48.3 Å². The van der Waals surface area contributed by atoms with Gasteiger partial charge in [-0.3, -0.25) is 0 Å². The van der Waals surface area contributed by atoms with Crippen LogP contribution in [0.3, 0.4) is 0 Å². The van der Waals surface area contributed by atoms with Gasteiger partial charge >= 0.3 is 0 Å². The molecule has 0 aliphatic rings. The van der Waals surface area contributed by atoms with Crippen LogP contribution in [-0.4, -0.2) is 7.05 Å². The Hall–Kier alpha value is -0.500. The van der Waals surface area contributed by atoms with E-state index < -0.39 is 0 Å². The molecule has 1 N–H and O–H groups in total. The molecule has 0 aromatic heterocycles. The molecule has 88 valence electrons. The van der Waals surface area contributed by atoms with E-state index in [-0.39, 0.29) is 6.04 Å². The Morgan fingerprint density at radius 3 is 2.56 bits per heavy atom. The fraction of sp³-hybridized carbons (Fsp3) is 0.385. The van der Waals surface area contributed by atoms with Crippen LogP contribution < -0.4 is 5.32 Å². The zero-order chi connectivity index (χ0) is 12.1. The second kappa shape index (κ2) is 6.29. The van der Waals surface area contributed by atoms with Gasteiger partial charge in [-0.15, -0.1) is 0 Å². The zero-order valence-corrected chi connectivity index (χ0v) is 11.2. The lowest BCUT2D eigenvalue weighted by atomic mass is 9.99. The fourth-order valence-corrected chi connectivity index (χ4v) is 1.86. The topological polar surface area (TPSA) is 12.0 Å². The van der Waals surface area contributed by atoms with Gasteiger partial charge < -0.3 is 5.32 Å². The molecule has 0 aliphatic heterocycles. The van der Waals surface area contributed by atoms with Crippen molar-refractivity contribution in [1.82, 2.24) is 5.32 Å². The molecular formula is C13H17Cl2N. The molecule has 0 saturated heterocycles. The van der Waals surface area contributed by atoms with Crippen molar-refractivity contribution in [2.45, 2.75) is 25.8 Å². The maximum atomic E-state index is 6.00. The van der Waals surface area contributed by atoms with Crippen molar-refractivity contribution in [3.05, 3.63) is 46.0 Å². The van der Waals surface area contributed by atoms with Crippen LogP contribution >= 0.6 is 23.2 Å². The second-order valence-corrected chi connectivity index (χ2v) is 4.64. The lowest BCUT2D eigenvalue weighted by Crippen LogP contribution is -2.16. The summed E-state index contributed by atoms with van der Waals surface area (Å²) in [5.41, 5.74) is 2.37. The number of rotatable bonds is 5. The summed E-state index contributed by atoms with van der Waals surface area (Å²) in [6.07, 6.45) is 1.92. The minimum Gasteiger partial charge on any atom is -0.313 e. The third-order valence-electron chi connectivity index (χ3n) is 2.69. The van der Waals surface area contributed by atoms with Crippen LogP contribution in [0.1, 0.15) is 31.4 Å². The van der Waals surface area contributed by atoms with E-state index in [1.54, 1.807) is 0 Å². The quantitative estimate of drug-likeness (QED) is 0.760. The Kier molecular flexibility index (Phi) is 5.33. The monoisotopic (exact) mass is 257 g/mol. The molecule has 3 heteroatoms. The Morgan fingerprint density at radius 1 is 1.38 bits per heavy atom. The maximum Gasteiger partial charge on any atom is 0.0595 e. The molecule has 16 heavy (non-hydrogen) atoms. The predicted molar refractivity (Wildman–Crippen MR) is 72.3 cm³/mol. The maximum absolute atomic E-state index is 6.00. The molecule has 1 aromatic rings. The average Bonchev–Trinajstić information content (AvgIpc) is 2.29. The number of halogens is 2. The van der Waals surface area contributed by atoms with Crippen molar-refractivity contribution in [2.75, 3.05) is 7.05 Å². The van der Waals surface area contributed by atoms with Crippen molar-refractivity contribution in [1.29, 1.82) is 0 Å². The summed E-state index contributed by atoms with van der Waals surface area (Å²) < 4.78 is 0. The van der Waals surface area contributed by atoms with Crippen molar-refractivity contribution in [3.8, 4) is 0 Å². The van der Waals surface area contributed by atoms with E-state index in [0.29, 0.717) is 10.0 Å². The fourth-order valence-electron chi connectivity index (χ4n) is 1.55. The number of hydrogen-bond donors (Lipinski definition) is 1. The van der Waals surface area contributed by atoms with E-state index in [4.69, 9.17) is 23.2 Å². The lowest BCUT2D eigenvalue weighted by molar-refractivity contribution is 0.583. The van der Waals surface area contributed by atoms with E-state index in [9.17, 15) is 0 Å². The van der Waals surface area contributed by atoms with E-state index >= 15 is 0 Å². The highest BCUT2D eigenvalue weighted by molar-refractivity contribution is 6.42. The van der Waals surface area contributed by atoms with E-state index in [2.05, 4.69) is 18.8 Å². The number of hydrogen-bond acceptors (Lipinski definition) is 1. The van der Waals surface area contributed by atoms with E-state index in [1.807, 2.05) is 25.2 Å². The van der Waals surface area contributed by atoms with Crippen LogP contribution in [0.2, 0.25) is 10.0 Å². The highest BCUT2D eigenvalue weighted by atomic mass is 35.5. The molecule has 0 saturated carbocycles. The molecule has 0 amide bonds. The van der Waals surface area contributed by atoms with E-state index in [0.717, 1.165) is 18.4 Å². The molecule has 0 heterocycles. The molecular weight excluding hydrogens is 241 g/mol. The van der Waals surface area contributed by atoms with Gasteiger partial charge in [0.05, 0.1) is 10.0 Å². The summed E-state index contributed by atoms with van der Waals surface area (Å²) >= 11 is 11.9. The predicted octanol–water partition coefficient (Wildman–Crippen LogP) is 4.61. The van der Waals surface area contributed by atoms with Crippen molar-refractivity contribution in [3.63, 3.8) is 0 Å². The third-order valence-corrected chi connectivity index (χ3v) is 3.43. The highest BCUT2D eigenvalue weighted by Crippen LogP contribution is 2.28. The van der Waals surface area contributed by atoms with Crippen LogP contribution in [0.5, 0.6) is 0 Å². The summed E-state index contributed by atoms with van der Waals surface area (Å²) in [7, 11) is 1.94. The normalized spacial score (nSPS) is 12.5. The van der Waals surface area contributed by atoms with Gasteiger partial charge in [-0.05, 0) is 37.6 Å². The molecule has 0 spiro atoms. The van der Waals surface area contributed by atoms with Crippen LogP contribution in [-0.2, 0) is 0 Å². The summed E-state index contributed by atoms with van der Waals surface area (Å²) in [6.45, 7) is 6.14. The lowest BCUT2D eigenvalue weighted by Gasteiger charge is -2.18. The first kappa shape index (κ1) is 13.6. The van der Waals surface area contributed by atoms with Crippen molar-refractivity contribution < 1.29 is 0 Å². The molecule has 1 atom stereocenters. The van der Waals surface area contributed by atoms with Crippen LogP contribution in [0.25, 0.3) is 0 Å². The van der Waals surface area contributed by atoms with Crippen LogP contribution in [0, 0.1) is 0 Å². The van der Waals surface area contributed by atoms with Gasteiger partial charge in [0.1, 0.15) is 0 Å². The summed E-state index contributed by atoms with van der Waals surface area (Å²) in [6, 6.07) is 5.99. The summed E-state index contributed by atoms with van der Waals surface area (Å²) in [5.74, 6) is 0. The van der Waals surface area contributed by atoms with Crippen molar-refractivity contribution >= 4 is 23.2 Å². The average molecular weight is 258 g/mol. The molecule has 0 aliphatic carbocycles. The molecule has 1 nitrogen and oxygen atoms in total. The first-order valence-electron chi connectivity index (χ1n) is 5.37. The Balaban J connectivity index is 2.86.